The van der Waals surface area contributed by atoms with E-state index in [0.717, 1.165) is 17.2 Å². The highest BCUT2D eigenvalue weighted by molar-refractivity contribution is 6.32. The van der Waals surface area contributed by atoms with Gasteiger partial charge in [-0.3, -0.25) is 9.55 Å². The zero-order valence-electron chi connectivity index (χ0n) is 24.4. The van der Waals surface area contributed by atoms with Crippen LogP contribution in [0.4, 0.5) is 13.2 Å². The van der Waals surface area contributed by atoms with E-state index in [2.05, 4.69) is 15.1 Å². The Morgan fingerprint density at radius 3 is 2.50 bits per heavy atom. The first-order chi connectivity index (χ1) is 21.0. The van der Waals surface area contributed by atoms with Gasteiger partial charge in [0.1, 0.15) is 17.4 Å². The van der Waals surface area contributed by atoms with Gasteiger partial charge in [0.05, 0.1) is 23.4 Å². The van der Waals surface area contributed by atoms with E-state index in [1.165, 1.54) is 16.8 Å². The number of alkyl halides is 3. The van der Waals surface area contributed by atoms with E-state index in [-0.39, 0.29) is 40.1 Å². The lowest BCUT2D eigenvalue weighted by Crippen LogP contribution is -2.31. The summed E-state index contributed by atoms with van der Waals surface area (Å²) in [4.78, 5) is 21.9. The lowest BCUT2D eigenvalue weighted by molar-refractivity contribution is -0.189. The van der Waals surface area contributed by atoms with Crippen molar-refractivity contribution in [1.29, 1.82) is 0 Å². The summed E-state index contributed by atoms with van der Waals surface area (Å²) in [5, 5.41) is 5.27. The molecule has 0 saturated heterocycles. The van der Waals surface area contributed by atoms with E-state index >= 15 is 0 Å². The van der Waals surface area contributed by atoms with Gasteiger partial charge >= 0.3 is 11.9 Å². The molecule has 2 aromatic carbocycles. The van der Waals surface area contributed by atoms with Gasteiger partial charge in [0, 0.05) is 30.6 Å². The van der Waals surface area contributed by atoms with Crippen molar-refractivity contribution in [2.24, 2.45) is 0 Å². The van der Waals surface area contributed by atoms with Crippen molar-refractivity contribution in [1.82, 2.24) is 24.3 Å². The number of hydrogen-bond acceptors (Lipinski definition) is 7. The van der Waals surface area contributed by atoms with Gasteiger partial charge in [0.15, 0.2) is 17.7 Å². The maximum absolute atomic E-state index is 13.7. The monoisotopic (exact) mass is 627 g/mol. The number of hydrogen-bond donors (Lipinski definition) is 0. The van der Waals surface area contributed by atoms with E-state index in [1.807, 2.05) is 30.3 Å². The molecule has 0 aliphatic rings. The number of fused-ring (bicyclic) bond motifs is 1. The molecular formula is C31H29ClF3N5O4. The van der Waals surface area contributed by atoms with Crippen LogP contribution >= 0.6 is 11.6 Å². The molecule has 3 aromatic heterocycles. The van der Waals surface area contributed by atoms with Crippen molar-refractivity contribution < 1.29 is 27.4 Å². The smallest absolute Gasteiger partial charge is 0.425 e. The molecule has 0 fully saturated rings. The minimum atomic E-state index is -4.67. The molecule has 0 saturated carbocycles. The van der Waals surface area contributed by atoms with E-state index in [1.54, 1.807) is 39.1 Å². The summed E-state index contributed by atoms with van der Waals surface area (Å²) < 4.78 is 61.0. The van der Waals surface area contributed by atoms with Crippen LogP contribution in [0.2, 0.25) is 5.02 Å². The third-order valence-electron chi connectivity index (χ3n) is 6.91. The van der Waals surface area contributed by atoms with Crippen LogP contribution in [0.25, 0.3) is 16.5 Å². The highest BCUT2D eigenvalue weighted by Gasteiger charge is 2.38. The van der Waals surface area contributed by atoms with Crippen molar-refractivity contribution >= 4 is 22.4 Å². The molecule has 44 heavy (non-hydrogen) atoms. The Morgan fingerprint density at radius 1 is 1.05 bits per heavy atom. The lowest BCUT2D eigenvalue weighted by Gasteiger charge is -2.21. The highest BCUT2D eigenvalue weighted by Crippen LogP contribution is 2.41. The lowest BCUT2D eigenvalue weighted by atomic mass is 10.1. The Kier molecular flexibility index (Phi) is 8.93. The van der Waals surface area contributed by atoms with Crippen molar-refractivity contribution in [3.63, 3.8) is 0 Å². The van der Waals surface area contributed by atoms with Crippen LogP contribution < -0.4 is 15.2 Å². The summed E-state index contributed by atoms with van der Waals surface area (Å²) in [6.07, 6.45) is -3.85. The van der Waals surface area contributed by atoms with Crippen LogP contribution in [0.15, 0.2) is 65.7 Å². The van der Waals surface area contributed by atoms with Crippen LogP contribution in [0.1, 0.15) is 36.5 Å². The quantitative estimate of drug-likeness (QED) is 0.163. The zero-order chi connectivity index (χ0) is 31.6. The Labute approximate surface area is 255 Å². The summed E-state index contributed by atoms with van der Waals surface area (Å²) >= 11 is 6.45. The van der Waals surface area contributed by atoms with Gasteiger partial charge in [0.2, 0.25) is 5.88 Å². The van der Waals surface area contributed by atoms with Gasteiger partial charge < -0.3 is 14.2 Å². The van der Waals surface area contributed by atoms with Crippen LogP contribution in [0.3, 0.4) is 0 Å². The first-order valence-corrected chi connectivity index (χ1v) is 14.1. The zero-order valence-corrected chi connectivity index (χ0v) is 25.1. The second kappa shape index (κ2) is 12.7. The average Bonchev–Trinajstić information content (AvgIpc) is 3.31. The minimum absolute atomic E-state index is 0.0320. The topological polar surface area (TPSA) is 93.3 Å². The molecule has 0 radical (unpaired) electrons. The molecule has 9 nitrogen and oxygen atoms in total. The van der Waals surface area contributed by atoms with Crippen LogP contribution in [0, 0.1) is 13.8 Å². The van der Waals surface area contributed by atoms with Crippen molar-refractivity contribution in [3.8, 4) is 23.1 Å². The van der Waals surface area contributed by atoms with E-state index in [9.17, 15) is 18.0 Å². The molecule has 0 aliphatic heterocycles. The first-order valence-electron chi connectivity index (χ1n) is 13.7. The summed E-state index contributed by atoms with van der Waals surface area (Å²) in [5.41, 5.74) is 1.76. The van der Waals surface area contributed by atoms with E-state index in [4.69, 9.17) is 25.8 Å². The van der Waals surface area contributed by atoms with Gasteiger partial charge in [-0.2, -0.15) is 17.9 Å². The predicted molar refractivity (Wildman–Crippen MR) is 159 cm³/mol. The van der Waals surface area contributed by atoms with Gasteiger partial charge in [-0.05, 0) is 50.8 Å². The maximum atomic E-state index is 13.7. The molecule has 0 aliphatic carbocycles. The second-order valence-electron chi connectivity index (χ2n) is 10.1. The summed E-state index contributed by atoms with van der Waals surface area (Å²) in [5.74, 6) is 0.382. The second-order valence-corrected chi connectivity index (χ2v) is 10.4. The van der Waals surface area contributed by atoms with Gasteiger partial charge in [-0.1, -0.05) is 41.9 Å². The van der Waals surface area contributed by atoms with Crippen molar-refractivity contribution in [2.45, 2.75) is 59.7 Å². The average molecular weight is 628 g/mol. The largest absolute Gasteiger partial charge is 0.480 e. The third kappa shape index (κ3) is 6.41. The molecule has 3 heterocycles. The third-order valence-corrected chi connectivity index (χ3v) is 7.36. The SMILES string of the molecule is CCn1c(COCc2ccccc2)nn(-c2cc(O[C@@H](C)C(F)(F)F)c3c(Oc4c(C)cnc(C)c4Cl)nccc3c2)c1=O. The number of ether oxygens (including phenoxy) is 3. The van der Waals surface area contributed by atoms with Crippen molar-refractivity contribution in [3.05, 3.63) is 99.1 Å². The Morgan fingerprint density at radius 2 is 1.80 bits per heavy atom. The number of benzene rings is 2. The molecule has 0 N–H and O–H groups in total. The fourth-order valence-corrected chi connectivity index (χ4v) is 4.75. The van der Waals surface area contributed by atoms with Crippen molar-refractivity contribution in [2.75, 3.05) is 0 Å². The Bertz CT molecular complexity index is 1860. The summed E-state index contributed by atoms with van der Waals surface area (Å²) in [6.45, 7) is 6.77. The number of aromatic nitrogens is 5. The standard InChI is InChI=1S/C31H29ClF3N5O4/c1-5-39-25(17-42-16-21-9-7-6-8-10-21)38-40(30(39)41)23-13-22-11-12-36-29(44-28-18(2)15-37-19(3)27(28)32)26(22)24(14-23)43-20(4)31(33,34)35/h6-15,20H,5,16-17H2,1-4H3/t20-/m0/s1. The van der Waals surface area contributed by atoms with Gasteiger partial charge in [0.25, 0.3) is 0 Å². The molecular weight excluding hydrogens is 599 g/mol. The minimum Gasteiger partial charge on any atom is -0.480 e. The summed E-state index contributed by atoms with van der Waals surface area (Å²) in [7, 11) is 0. The van der Waals surface area contributed by atoms with E-state index < -0.39 is 18.0 Å². The fourth-order valence-electron chi connectivity index (χ4n) is 4.51. The number of rotatable bonds is 10. The molecule has 0 bridgehead atoms. The molecule has 1 atom stereocenters. The molecule has 13 heteroatoms. The number of halogens is 4. The molecule has 0 spiro atoms. The van der Waals surface area contributed by atoms with Gasteiger partial charge in [-0.15, -0.1) is 5.10 Å². The van der Waals surface area contributed by atoms with Crippen LogP contribution in [-0.2, 0) is 24.5 Å². The van der Waals surface area contributed by atoms with Crippen LogP contribution in [-0.4, -0.2) is 36.6 Å². The number of pyridine rings is 2. The van der Waals surface area contributed by atoms with Crippen LogP contribution in [0.5, 0.6) is 17.4 Å². The number of nitrogens with zero attached hydrogens (tertiary/aromatic N) is 5. The molecule has 230 valence electrons. The molecule has 0 amide bonds. The molecule has 5 aromatic rings. The number of aryl methyl sites for hydroxylation is 2. The Hall–Kier alpha value is -4.42. The Balaban J connectivity index is 1.59. The summed E-state index contributed by atoms with van der Waals surface area (Å²) in [6, 6.07) is 14.0. The fraction of sp³-hybridized carbons (Fsp3) is 0.290. The molecule has 0 unspecified atom stereocenters. The van der Waals surface area contributed by atoms with Gasteiger partial charge in [-0.25, -0.2) is 9.78 Å². The normalized spacial score (nSPS) is 12.5. The first kappa shape index (κ1) is 31.0. The molecule has 5 rings (SSSR count). The predicted octanol–water partition coefficient (Wildman–Crippen LogP) is 7.11. The van der Waals surface area contributed by atoms with E-state index in [0.29, 0.717) is 35.6 Å². The maximum Gasteiger partial charge on any atom is 0.425 e. The highest BCUT2D eigenvalue weighted by atomic mass is 35.5.